The van der Waals surface area contributed by atoms with Gasteiger partial charge in [-0.15, -0.1) is 0 Å². The first-order valence-corrected chi connectivity index (χ1v) is 12.1. The molecule has 33 heavy (non-hydrogen) atoms. The van der Waals surface area contributed by atoms with Gasteiger partial charge in [-0.2, -0.15) is 4.98 Å². The quantitative estimate of drug-likeness (QED) is 0.385. The van der Waals surface area contributed by atoms with Gasteiger partial charge in [-0.25, -0.2) is 14.3 Å². The maximum absolute atomic E-state index is 13.0. The van der Waals surface area contributed by atoms with E-state index in [0.29, 0.717) is 16.3 Å². The number of likely N-dealkylation sites (N-methyl/N-ethyl adjacent to an activating group) is 1. The van der Waals surface area contributed by atoms with E-state index in [9.17, 15) is 14.4 Å². The second kappa shape index (κ2) is 10.4. The Hall–Kier alpha value is -2.85. The number of esters is 1. The van der Waals surface area contributed by atoms with Crippen molar-refractivity contribution in [1.29, 1.82) is 0 Å². The summed E-state index contributed by atoms with van der Waals surface area (Å²) in [6, 6.07) is 6.52. The highest BCUT2D eigenvalue weighted by atomic mass is 32.2. The highest BCUT2D eigenvalue weighted by Crippen LogP contribution is 2.28. The Balaban J connectivity index is 1.46. The molecule has 0 bridgehead atoms. The summed E-state index contributed by atoms with van der Waals surface area (Å²) in [5, 5.41) is 5.60. The SMILES string of the molecule is COC(=O)c1ccc(NC(=O)CSc2nc(=O)n(N3CCN(C)CC3)c3c2CCCC3)cc1. The third-order valence-corrected chi connectivity index (χ3v) is 7.04. The van der Waals surface area contributed by atoms with Gasteiger partial charge in [-0.05, 0) is 57.0 Å². The summed E-state index contributed by atoms with van der Waals surface area (Å²) in [5.74, 6) is -0.470. The zero-order chi connectivity index (χ0) is 23.4. The maximum Gasteiger partial charge on any atom is 0.367 e. The summed E-state index contributed by atoms with van der Waals surface area (Å²) < 4.78 is 6.47. The molecule has 176 valence electrons. The van der Waals surface area contributed by atoms with Gasteiger partial charge < -0.3 is 20.0 Å². The lowest BCUT2D eigenvalue weighted by atomic mass is 9.97. The molecule has 1 saturated heterocycles. The number of rotatable bonds is 6. The Labute approximate surface area is 197 Å². The molecule has 1 N–H and O–H groups in total. The van der Waals surface area contributed by atoms with Gasteiger partial charge in [0.2, 0.25) is 5.91 Å². The molecule has 2 heterocycles. The van der Waals surface area contributed by atoms with Crippen LogP contribution in [-0.2, 0) is 22.4 Å². The summed E-state index contributed by atoms with van der Waals surface area (Å²) in [6.07, 6.45) is 3.83. The molecule has 2 aliphatic rings. The van der Waals surface area contributed by atoms with Crippen LogP contribution < -0.4 is 16.0 Å². The standard InChI is InChI=1S/C23H29N5O4S/c1-26-11-13-27(14-12-26)28-19-6-4-3-5-18(19)21(25-23(28)31)33-15-20(29)24-17-9-7-16(8-10-17)22(30)32-2/h7-10H,3-6,11-15H2,1-2H3,(H,24,29). The Morgan fingerprint density at radius 3 is 2.48 bits per heavy atom. The van der Waals surface area contributed by atoms with Crippen molar-refractivity contribution in [2.75, 3.05) is 56.4 Å². The molecular weight excluding hydrogens is 442 g/mol. The predicted octanol–water partition coefficient (Wildman–Crippen LogP) is 1.52. The summed E-state index contributed by atoms with van der Waals surface area (Å²) in [7, 11) is 3.41. The van der Waals surface area contributed by atoms with Crippen LogP contribution in [0.1, 0.15) is 34.5 Å². The minimum atomic E-state index is -0.425. The number of benzene rings is 1. The number of fused-ring (bicyclic) bond motifs is 1. The number of hydrogen-bond donors (Lipinski definition) is 1. The summed E-state index contributed by atoms with van der Waals surface area (Å²) in [6.45, 7) is 3.43. The van der Waals surface area contributed by atoms with Crippen LogP contribution in [0.2, 0.25) is 0 Å². The molecule has 2 aromatic rings. The van der Waals surface area contributed by atoms with Crippen molar-refractivity contribution in [2.45, 2.75) is 30.7 Å². The van der Waals surface area contributed by atoms with Gasteiger partial charge in [0, 0.05) is 37.4 Å². The van der Waals surface area contributed by atoms with Gasteiger partial charge in [0.1, 0.15) is 5.03 Å². The predicted molar refractivity (Wildman–Crippen MR) is 128 cm³/mol. The average Bonchev–Trinajstić information content (AvgIpc) is 2.83. The minimum absolute atomic E-state index is 0.149. The fourth-order valence-electron chi connectivity index (χ4n) is 4.22. The van der Waals surface area contributed by atoms with Crippen molar-refractivity contribution < 1.29 is 14.3 Å². The number of piperazine rings is 1. The first kappa shape index (κ1) is 23.3. The maximum atomic E-state index is 13.0. The van der Waals surface area contributed by atoms with Crippen molar-refractivity contribution in [3.63, 3.8) is 0 Å². The molecule has 1 aliphatic carbocycles. The lowest BCUT2D eigenvalue weighted by Crippen LogP contribution is -2.54. The lowest BCUT2D eigenvalue weighted by molar-refractivity contribution is -0.113. The van der Waals surface area contributed by atoms with Gasteiger partial charge >= 0.3 is 11.7 Å². The van der Waals surface area contributed by atoms with Gasteiger partial charge in [-0.3, -0.25) is 4.79 Å². The molecule has 1 aromatic carbocycles. The number of carbonyl (C=O) groups excluding carboxylic acids is 2. The van der Waals surface area contributed by atoms with Crippen molar-refractivity contribution in [3.05, 3.63) is 51.6 Å². The van der Waals surface area contributed by atoms with Crippen molar-refractivity contribution in [2.24, 2.45) is 0 Å². The van der Waals surface area contributed by atoms with Crippen LogP contribution in [0.3, 0.4) is 0 Å². The summed E-state index contributed by atoms with van der Waals surface area (Å²) >= 11 is 1.31. The van der Waals surface area contributed by atoms with Crippen LogP contribution in [-0.4, -0.2) is 72.5 Å². The zero-order valence-electron chi connectivity index (χ0n) is 19.0. The van der Waals surface area contributed by atoms with E-state index in [4.69, 9.17) is 0 Å². The number of aromatic nitrogens is 2. The molecular formula is C23H29N5O4S. The van der Waals surface area contributed by atoms with Crippen LogP contribution >= 0.6 is 11.8 Å². The molecule has 1 aromatic heterocycles. The van der Waals surface area contributed by atoms with Crippen LogP contribution in [0.5, 0.6) is 0 Å². The van der Waals surface area contributed by atoms with E-state index in [-0.39, 0.29) is 17.3 Å². The van der Waals surface area contributed by atoms with Crippen LogP contribution in [0.15, 0.2) is 34.1 Å². The van der Waals surface area contributed by atoms with Gasteiger partial charge in [-0.1, -0.05) is 11.8 Å². The number of nitrogens with one attached hydrogen (secondary N) is 1. The molecule has 0 unspecified atom stereocenters. The molecule has 1 amide bonds. The second-order valence-electron chi connectivity index (χ2n) is 8.31. The van der Waals surface area contributed by atoms with Crippen LogP contribution in [0.25, 0.3) is 0 Å². The second-order valence-corrected chi connectivity index (χ2v) is 9.27. The molecule has 1 fully saturated rings. The lowest BCUT2D eigenvalue weighted by Gasteiger charge is -2.37. The van der Waals surface area contributed by atoms with Crippen LogP contribution in [0.4, 0.5) is 5.69 Å². The Morgan fingerprint density at radius 1 is 1.09 bits per heavy atom. The fourth-order valence-corrected chi connectivity index (χ4v) is 5.09. The molecule has 1 aliphatic heterocycles. The van der Waals surface area contributed by atoms with E-state index < -0.39 is 5.97 Å². The molecule has 9 nitrogen and oxygen atoms in total. The van der Waals surface area contributed by atoms with E-state index >= 15 is 0 Å². The van der Waals surface area contributed by atoms with E-state index in [1.54, 1.807) is 28.9 Å². The largest absolute Gasteiger partial charge is 0.465 e. The number of ether oxygens (including phenoxy) is 1. The van der Waals surface area contributed by atoms with Crippen molar-refractivity contribution in [1.82, 2.24) is 14.6 Å². The summed E-state index contributed by atoms with van der Waals surface area (Å²) in [4.78, 5) is 43.7. The summed E-state index contributed by atoms with van der Waals surface area (Å²) in [5.41, 5.74) is 2.89. The van der Waals surface area contributed by atoms with E-state index in [1.807, 2.05) is 0 Å². The highest BCUT2D eigenvalue weighted by molar-refractivity contribution is 8.00. The Morgan fingerprint density at radius 2 is 1.79 bits per heavy atom. The number of nitrogens with zero attached hydrogens (tertiary/aromatic N) is 4. The number of hydrogen-bond acceptors (Lipinski definition) is 8. The average molecular weight is 472 g/mol. The smallest absolute Gasteiger partial charge is 0.367 e. The number of amides is 1. The van der Waals surface area contributed by atoms with E-state index in [1.165, 1.54) is 18.9 Å². The van der Waals surface area contributed by atoms with Gasteiger partial charge in [0.15, 0.2) is 0 Å². The minimum Gasteiger partial charge on any atom is -0.465 e. The molecule has 0 atom stereocenters. The van der Waals surface area contributed by atoms with Crippen molar-refractivity contribution >= 4 is 29.3 Å². The highest BCUT2D eigenvalue weighted by Gasteiger charge is 2.25. The molecule has 10 heteroatoms. The fraction of sp³-hybridized carbons (Fsp3) is 0.478. The number of methoxy groups -OCH3 is 1. The normalized spacial score (nSPS) is 16.2. The van der Waals surface area contributed by atoms with E-state index in [2.05, 4.69) is 32.0 Å². The van der Waals surface area contributed by atoms with Crippen LogP contribution in [0, 0.1) is 0 Å². The molecule has 0 saturated carbocycles. The van der Waals surface area contributed by atoms with Gasteiger partial charge in [0.05, 0.1) is 24.1 Å². The Kier molecular flexibility index (Phi) is 7.34. The monoisotopic (exact) mass is 471 g/mol. The van der Waals surface area contributed by atoms with Gasteiger partial charge in [0.25, 0.3) is 0 Å². The first-order chi connectivity index (χ1) is 16.0. The third kappa shape index (κ3) is 5.39. The third-order valence-electron chi connectivity index (χ3n) is 6.02. The molecule has 0 radical (unpaired) electrons. The number of carbonyl (C=O) groups is 2. The van der Waals surface area contributed by atoms with Crippen molar-refractivity contribution in [3.8, 4) is 0 Å². The molecule has 4 rings (SSSR count). The number of thioether (sulfide) groups is 1. The molecule has 0 spiro atoms. The zero-order valence-corrected chi connectivity index (χ0v) is 19.8. The number of anilines is 1. The topological polar surface area (TPSA) is 96.8 Å². The first-order valence-electron chi connectivity index (χ1n) is 11.2. The van der Waals surface area contributed by atoms with E-state index in [0.717, 1.165) is 63.1 Å². The Bertz CT molecular complexity index is 1080.